The molecule has 0 aliphatic carbocycles. The van der Waals surface area contributed by atoms with Crippen LogP contribution < -0.4 is 19.5 Å². The summed E-state index contributed by atoms with van der Waals surface area (Å²) in [5.41, 5.74) is 2.15. The largest absolute Gasteiger partial charge is 0.497 e. The van der Waals surface area contributed by atoms with Gasteiger partial charge in [-0.3, -0.25) is 14.7 Å². The van der Waals surface area contributed by atoms with Gasteiger partial charge in [-0.2, -0.15) is 4.31 Å². The van der Waals surface area contributed by atoms with Gasteiger partial charge in [0.15, 0.2) is 0 Å². The van der Waals surface area contributed by atoms with E-state index in [1.807, 2.05) is 55.4 Å². The number of carbonyl (C=O) groups is 1. The Morgan fingerprint density at radius 1 is 0.810 bits per heavy atom. The smallest absolute Gasteiger partial charge is 0.243 e. The van der Waals surface area contributed by atoms with Crippen molar-refractivity contribution in [3.05, 3.63) is 79.0 Å². The number of hydrogen-bond acceptors (Lipinski definition) is 8. The maximum Gasteiger partial charge on any atom is 0.243 e. The van der Waals surface area contributed by atoms with Crippen molar-refractivity contribution < 1.29 is 27.4 Å². The van der Waals surface area contributed by atoms with Crippen molar-refractivity contribution in [2.24, 2.45) is 0 Å². The van der Waals surface area contributed by atoms with E-state index in [1.165, 1.54) is 19.2 Å². The van der Waals surface area contributed by atoms with E-state index in [1.54, 1.807) is 49.2 Å². The lowest BCUT2D eigenvalue weighted by atomic mass is 10.1. The third-order valence-electron chi connectivity index (χ3n) is 6.51. The van der Waals surface area contributed by atoms with Crippen LogP contribution in [0.15, 0.2) is 83.9 Å². The Morgan fingerprint density at radius 2 is 1.33 bits per heavy atom. The molecular weight excluding hydrogens is 558 g/mol. The van der Waals surface area contributed by atoms with Crippen LogP contribution in [-0.2, 0) is 14.8 Å². The number of likely N-dealkylation sites (N-methyl/N-ethyl adjacent to an activating group) is 1. The summed E-state index contributed by atoms with van der Waals surface area (Å²) < 4.78 is 45.7. The first-order valence-corrected chi connectivity index (χ1v) is 14.6. The molecule has 222 valence electrons. The minimum Gasteiger partial charge on any atom is -0.497 e. The van der Waals surface area contributed by atoms with Crippen molar-refractivity contribution in [2.75, 3.05) is 60.4 Å². The van der Waals surface area contributed by atoms with Crippen LogP contribution in [0.1, 0.15) is 0 Å². The van der Waals surface area contributed by atoms with Gasteiger partial charge in [0.05, 0.1) is 38.5 Å². The number of nitrogens with one attached hydrogen (secondary N) is 1. The van der Waals surface area contributed by atoms with Crippen molar-refractivity contribution >= 4 is 21.9 Å². The van der Waals surface area contributed by atoms with Crippen LogP contribution in [0.25, 0.3) is 16.9 Å². The molecule has 4 aromatic rings. The Balaban J connectivity index is 1.64. The summed E-state index contributed by atoms with van der Waals surface area (Å²) in [5, 5.41) is 2.83. The number of methoxy groups -OCH3 is 3. The number of ether oxygens (including phenoxy) is 3. The van der Waals surface area contributed by atoms with Gasteiger partial charge in [0.2, 0.25) is 21.9 Å². The van der Waals surface area contributed by atoms with E-state index in [0.29, 0.717) is 29.5 Å². The second kappa shape index (κ2) is 13.5. The number of carbonyl (C=O) groups excluding carboxylic acids is 1. The average molecular weight is 594 g/mol. The number of sulfonamides is 1. The highest BCUT2D eigenvalue weighted by Crippen LogP contribution is 2.27. The van der Waals surface area contributed by atoms with Gasteiger partial charge in [0, 0.05) is 30.5 Å². The van der Waals surface area contributed by atoms with E-state index in [4.69, 9.17) is 14.2 Å². The first-order chi connectivity index (χ1) is 20.1. The summed E-state index contributed by atoms with van der Waals surface area (Å²) >= 11 is 0. The molecule has 0 spiro atoms. The Labute approximate surface area is 246 Å². The molecule has 0 aliphatic heterocycles. The third kappa shape index (κ3) is 7.27. The number of amides is 1. The Bertz CT molecular complexity index is 1580. The van der Waals surface area contributed by atoms with Crippen molar-refractivity contribution in [1.29, 1.82) is 0 Å². The molecule has 0 fully saturated rings. The molecule has 0 saturated heterocycles. The second-order valence-corrected chi connectivity index (χ2v) is 11.5. The van der Waals surface area contributed by atoms with Gasteiger partial charge in [0.25, 0.3) is 0 Å². The zero-order chi connectivity index (χ0) is 30.3. The van der Waals surface area contributed by atoms with Crippen LogP contribution in [0, 0.1) is 0 Å². The summed E-state index contributed by atoms with van der Waals surface area (Å²) in [7, 11) is 4.38. The Morgan fingerprint density at radius 3 is 1.86 bits per heavy atom. The van der Waals surface area contributed by atoms with E-state index >= 15 is 0 Å². The number of benzene rings is 3. The quantitative estimate of drug-likeness (QED) is 0.249. The summed E-state index contributed by atoms with van der Waals surface area (Å²) in [6, 6.07) is 20.8. The van der Waals surface area contributed by atoms with Crippen molar-refractivity contribution in [2.45, 2.75) is 4.90 Å². The number of anilines is 1. The highest BCUT2D eigenvalue weighted by Gasteiger charge is 2.27. The summed E-state index contributed by atoms with van der Waals surface area (Å²) in [4.78, 5) is 20.0. The van der Waals surface area contributed by atoms with Crippen LogP contribution in [-0.4, -0.2) is 88.1 Å². The Hall–Kier alpha value is -4.39. The number of imidazole rings is 1. The molecule has 11 nitrogen and oxygen atoms in total. The van der Waals surface area contributed by atoms with Gasteiger partial charge in [-0.1, -0.05) is 0 Å². The molecule has 12 heteroatoms. The molecule has 0 aliphatic rings. The zero-order valence-electron chi connectivity index (χ0n) is 24.3. The van der Waals surface area contributed by atoms with Crippen LogP contribution >= 0.6 is 0 Å². The lowest BCUT2D eigenvalue weighted by Gasteiger charge is -2.23. The summed E-state index contributed by atoms with van der Waals surface area (Å²) in [5.74, 6) is 1.63. The van der Waals surface area contributed by atoms with Gasteiger partial charge in [-0.15, -0.1) is 0 Å². The van der Waals surface area contributed by atoms with Crippen molar-refractivity contribution in [3.63, 3.8) is 0 Å². The predicted octanol–water partition coefficient (Wildman–Crippen LogP) is 3.76. The SMILES string of the molecule is COc1ccc(-c2cn(-c3ccc(OC)cc3)c(NC(=O)CN(CCN(C)C)S(=O)(=O)c3ccc(OC)cc3)n2)cc1. The molecule has 1 aromatic heterocycles. The molecule has 0 saturated carbocycles. The molecule has 1 heterocycles. The first kappa shape index (κ1) is 30.6. The maximum absolute atomic E-state index is 13.6. The topological polar surface area (TPSA) is 115 Å². The molecule has 0 atom stereocenters. The van der Waals surface area contributed by atoms with Gasteiger partial charge in [0.1, 0.15) is 17.2 Å². The highest BCUT2D eigenvalue weighted by molar-refractivity contribution is 7.89. The molecular formula is C30H35N5O6S. The maximum atomic E-state index is 13.6. The minimum absolute atomic E-state index is 0.0661. The molecule has 3 aromatic carbocycles. The normalized spacial score (nSPS) is 11.5. The van der Waals surface area contributed by atoms with Gasteiger partial charge >= 0.3 is 0 Å². The zero-order valence-corrected chi connectivity index (χ0v) is 25.1. The van der Waals surface area contributed by atoms with E-state index in [0.717, 1.165) is 15.6 Å². The lowest BCUT2D eigenvalue weighted by molar-refractivity contribution is -0.116. The summed E-state index contributed by atoms with van der Waals surface area (Å²) in [6.07, 6.45) is 1.80. The van der Waals surface area contributed by atoms with Gasteiger partial charge in [-0.05, 0) is 86.9 Å². The number of aromatic nitrogens is 2. The van der Waals surface area contributed by atoms with E-state index in [9.17, 15) is 13.2 Å². The lowest BCUT2D eigenvalue weighted by Crippen LogP contribution is -2.41. The molecule has 1 amide bonds. The summed E-state index contributed by atoms with van der Waals surface area (Å²) in [6.45, 7) is 0.124. The third-order valence-corrected chi connectivity index (χ3v) is 8.37. The Kier molecular flexibility index (Phi) is 9.84. The molecule has 0 bridgehead atoms. The van der Waals surface area contributed by atoms with Crippen LogP contribution in [0.5, 0.6) is 17.2 Å². The first-order valence-electron chi connectivity index (χ1n) is 13.1. The van der Waals surface area contributed by atoms with Crippen LogP contribution in [0.4, 0.5) is 5.95 Å². The van der Waals surface area contributed by atoms with E-state index in [2.05, 4.69) is 10.3 Å². The van der Waals surface area contributed by atoms with Crippen molar-refractivity contribution in [3.8, 4) is 34.2 Å². The average Bonchev–Trinajstić information content (AvgIpc) is 3.42. The molecule has 42 heavy (non-hydrogen) atoms. The predicted molar refractivity (Wildman–Crippen MR) is 161 cm³/mol. The fraction of sp³-hybridized carbons (Fsp3) is 0.267. The second-order valence-electron chi connectivity index (χ2n) is 9.61. The van der Waals surface area contributed by atoms with Gasteiger partial charge < -0.3 is 19.1 Å². The molecule has 4 rings (SSSR count). The van der Waals surface area contributed by atoms with Crippen LogP contribution in [0.2, 0.25) is 0 Å². The molecule has 1 N–H and O–H groups in total. The van der Waals surface area contributed by atoms with E-state index < -0.39 is 22.5 Å². The fourth-order valence-electron chi connectivity index (χ4n) is 4.13. The fourth-order valence-corrected chi connectivity index (χ4v) is 5.51. The number of nitrogens with zero attached hydrogens (tertiary/aromatic N) is 4. The molecule has 0 unspecified atom stereocenters. The molecule has 0 radical (unpaired) electrons. The van der Waals surface area contributed by atoms with Gasteiger partial charge in [-0.25, -0.2) is 13.4 Å². The number of rotatable bonds is 13. The standard InChI is InChI=1S/C30H35N5O6S/c1-33(2)18-19-34(42(37,38)27-16-14-26(41-5)15-17-27)21-29(36)32-30-31-28(22-6-10-24(39-3)11-7-22)20-35(30)23-8-12-25(40-4)13-9-23/h6-17,20H,18-19,21H2,1-5H3,(H,31,32,36). The monoisotopic (exact) mass is 593 g/mol. The number of hydrogen-bond donors (Lipinski definition) is 1. The minimum atomic E-state index is -3.99. The highest BCUT2D eigenvalue weighted by atomic mass is 32.2. The van der Waals surface area contributed by atoms with E-state index in [-0.39, 0.29) is 17.4 Å². The van der Waals surface area contributed by atoms with Crippen molar-refractivity contribution in [1.82, 2.24) is 18.8 Å². The van der Waals surface area contributed by atoms with Crippen LogP contribution in [0.3, 0.4) is 0 Å².